The molecule has 4 rings (SSSR count). The summed E-state index contributed by atoms with van der Waals surface area (Å²) in [5.41, 5.74) is 8.99. The summed E-state index contributed by atoms with van der Waals surface area (Å²) in [6.45, 7) is 0. The molecule has 0 amide bonds. The molecule has 2 aromatic carbocycles. The molecule has 4 aromatic rings. The molecule has 146 valence electrons. The van der Waals surface area contributed by atoms with Crippen molar-refractivity contribution < 1.29 is 9.47 Å². The van der Waals surface area contributed by atoms with Crippen LogP contribution in [0, 0.1) is 0 Å². The number of thiazole rings is 1. The van der Waals surface area contributed by atoms with E-state index in [1.54, 1.807) is 25.6 Å². The van der Waals surface area contributed by atoms with E-state index in [0.29, 0.717) is 5.84 Å². The summed E-state index contributed by atoms with van der Waals surface area (Å²) < 4.78 is 10.5. The number of benzene rings is 2. The van der Waals surface area contributed by atoms with Crippen LogP contribution < -0.4 is 15.2 Å². The Morgan fingerprint density at radius 3 is 2.17 bits per heavy atom. The van der Waals surface area contributed by atoms with E-state index in [9.17, 15) is 0 Å². The molecule has 0 aliphatic rings. The third kappa shape index (κ3) is 4.16. The maximum Gasteiger partial charge on any atom is 0.147 e. The van der Waals surface area contributed by atoms with Crippen LogP contribution in [0.5, 0.6) is 11.5 Å². The number of ether oxygens (including phenoxy) is 2. The van der Waals surface area contributed by atoms with Gasteiger partial charge in [0.1, 0.15) is 33.0 Å². The first-order valence-corrected chi connectivity index (χ1v) is 10.6. The van der Waals surface area contributed by atoms with E-state index in [2.05, 4.69) is 0 Å². The minimum absolute atomic E-state index is 0.440. The molecule has 2 aromatic heterocycles. The number of aliphatic imine (C=N–C) groups is 1. The SMILES string of the molecule is COc1ccc(/C(N)=N/c2sc(-c3ccc(OC)cc3)nc2-c2cccs2)cc1. The van der Waals surface area contributed by atoms with Crippen molar-refractivity contribution in [1.29, 1.82) is 0 Å². The molecular formula is C22H19N3O2S2. The normalized spacial score (nSPS) is 11.4. The molecule has 5 nitrogen and oxygen atoms in total. The molecule has 2 N–H and O–H groups in total. The van der Waals surface area contributed by atoms with E-state index in [0.717, 1.165) is 43.2 Å². The van der Waals surface area contributed by atoms with Crippen LogP contribution in [0.1, 0.15) is 5.56 Å². The second kappa shape index (κ2) is 8.46. The van der Waals surface area contributed by atoms with E-state index in [4.69, 9.17) is 25.2 Å². The Morgan fingerprint density at radius 2 is 1.59 bits per heavy atom. The zero-order chi connectivity index (χ0) is 20.2. The van der Waals surface area contributed by atoms with Gasteiger partial charge in [-0.15, -0.1) is 11.3 Å². The lowest BCUT2D eigenvalue weighted by atomic mass is 10.2. The monoisotopic (exact) mass is 421 g/mol. The maximum atomic E-state index is 6.30. The predicted octanol–water partition coefficient (Wildman–Crippen LogP) is 5.59. The summed E-state index contributed by atoms with van der Waals surface area (Å²) in [4.78, 5) is 10.6. The summed E-state index contributed by atoms with van der Waals surface area (Å²) in [7, 11) is 3.29. The topological polar surface area (TPSA) is 69.7 Å². The van der Waals surface area contributed by atoms with E-state index in [1.807, 2.05) is 66.0 Å². The van der Waals surface area contributed by atoms with Gasteiger partial charge < -0.3 is 15.2 Å². The van der Waals surface area contributed by atoms with Gasteiger partial charge in [-0.25, -0.2) is 9.98 Å². The lowest BCUT2D eigenvalue weighted by Gasteiger charge is -2.03. The van der Waals surface area contributed by atoms with E-state index >= 15 is 0 Å². The van der Waals surface area contributed by atoms with Crippen molar-refractivity contribution in [3.8, 4) is 32.6 Å². The van der Waals surface area contributed by atoms with Crippen LogP contribution >= 0.6 is 22.7 Å². The Hall–Kier alpha value is -3.16. The van der Waals surface area contributed by atoms with Crippen LogP contribution in [-0.4, -0.2) is 25.0 Å². The molecule has 0 unspecified atom stereocenters. The highest BCUT2D eigenvalue weighted by Gasteiger charge is 2.16. The Balaban J connectivity index is 1.75. The second-order valence-corrected chi connectivity index (χ2v) is 8.03. The molecule has 0 atom stereocenters. The average molecular weight is 422 g/mol. The van der Waals surface area contributed by atoms with Crippen molar-refractivity contribution in [3.05, 3.63) is 71.6 Å². The first-order valence-electron chi connectivity index (χ1n) is 8.85. The fourth-order valence-electron chi connectivity index (χ4n) is 2.75. The smallest absolute Gasteiger partial charge is 0.147 e. The summed E-state index contributed by atoms with van der Waals surface area (Å²) in [6, 6.07) is 19.4. The van der Waals surface area contributed by atoms with Gasteiger partial charge >= 0.3 is 0 Å². The maximum absolute atomic E-state index is 6.30. The van der Waals surface area contributed by atoms with Crippen molar-refractivity contribution in [2.24, 2.45) is 10.7 Å². The fourth-order valence-corrected chi connectivity index (χ4v) is 4.50. The number of nitrogens with two attached hydrogens (primary N) is 1. The quantitative estimate of drug-likeness (QED) is 0.325. The molecule has 0 saturated carbocycles. The lowest BCUT2D eigenvalue weighted by molar-refractivity contribution is 0.414. The molecule has 0 bridgehead atoms. The zero-order valence-electron chi connectivity index (χ0n) is 16.0. The first kappa shape index (κ1) is 19.2. The number of rotatable bonds is 6. The fraction of sp³-hybridized carbons (Fsp3) is 0.0909. The number of aromatic nitrogens is 1. The Bertz CT molecular complexity index is 1120. The number of thiophene rings is 1. The Kier molecular flexibility index (Phi) is 5.59. The van der Waals surface area contributed by atoms with Gasteiger partial charge in [-0.2, -0.15) is 0 Å². The molecule has 0 spiro atoms. The minimum Gasteiger partial charge on any atom is -0.497 e. The van der Waals surface area contributed by atoms with Crippen molar-refractivity contribution in [1.82, 2.24) is 4.98 Å². The Labute approximate surface area is 177 Å². The lowest BCUT2D eigenvalue weighted by Crippen LogP contribution is -2.12. The van der Waals surface area contributed by atoms with E-state index in [1.165, 1.54) is 11.3 Å². The molecule has 0 saturated heterocycles. The molecule has 0 aliphatic carbocycles. The van der Waals surface area contributed by atoms with Gasteiger partial charge in [-0.1, -0.05) is 17.4 Å². The highest BCUT2D eigenvalue weighted by atomic mass is 32.1. The molecule has 2 heterocycles. The van der Waals surface area contributed by atoms with Crippen LogP contribution in [0.15, 0.2) is 71.0 Å². The number of amidine groups is 1. The largest absolute Gasteiger partial charge is 0.497 e. The summed E-state index contributed by atoms with van der Waals surface area (Å²) >= 11 is 3.15. The Morgan fingerprint density at radius 1 is 0.931 bits per heavy atom. The molecule has 29 heavy (non-hydrogen) atoms. The van der Waals surface area contributed by atoms with Crippen LogP contribution in [0.3, 0.4) is 0 Å². The third-order valence-corrected chi connectivity index (χ3v) is 6.18. The molecular weight excluding hydrogens is 402 g/mol. The van der Waals surface area contributed by atoms with Gasteiger partial charge in [0.05, 0.1) is 19.1 Å². The van der Waals surface area contributed by atoms with Gasteiger partial charge in [0.2, 0.25) is 0 Å². The molecule has 0 radical (unpaired) electrons. The van der Waals surface area contributed by atoms with Gasteiger partial charge in [-0.05, 0) is 60.0 Å². The van der Waals surface area contributed by atoms with Crippen molar-refractivity contribution in [2.45, 2.75) is 0 Å². The number of hydrogen-bond donors (Lipinski definition) is 1. The predicted molar refractivity (Wildman–Crippen MR) is 121 cm³/mol. The first-order chi connectivity index (χ1) is 14.2. The van der Waals surface area contributed by atoms with E-state index in [-0.39, 0.29) is 0 Å². The van der Waals surface area contributed by atoms with Crippen molar-refractivity contribution >= 4 is 33.5 Å². The summed E-state index contributed by atoms with van der Waals surface area (Å²) in [6.07, 6.45) is 0. The summed E-state index contributed by atoms with van der Waals surface area (Å²) in [5, 5.41) is 3.70. The summed E-state index contributed by atoms with van der Waals surface area (Å²) in [5.74, 6) is 2.03. The zero-order valence-corrected chi connectivity index (χ0v) is 17.6. The van der Waals surface area contributed by atoms with E-state index < -0.39 is 0 Å². The standard InChI is InChI=1S/C22H19N3O2S2/c1-26-16-9-5-14(6-10-16)20(23)25-22-19(18-4-3-13-28-18)24-21(29-22)15-7-11-17(27-2)12-8-15/h3-13H,1-2H3,(H2,23,25). The molecule has 0 aliphatic heterocycles. The third-order valence-electron chi connectivity index (χ3n) is 4.31. The van der Waals surface area contributed by atoms with Crippen LogP contribution in [-0.2, 0) is 0 Å². The van der Waals surface area contributed by atoms with Crippen molar-refractivity contribution in [3.63, 3.8) is 0 Å². The van der Waals surface area contributed by atoms with Crippen LogP contribution in [0.25, 0.3) is 21.1 Å². The van der Waals surface area contributed by atoms with Gasteiger partial charge in [-0.3, -0.25) is 0 Å². The van der Waals surface area contributed by atoms with Gasteiger partial charge in [0.15, 0.2) is 0 Å². The van der Waals surface area contributed by atoms with Gasteiger partial charge in [0, 0.05) is 11.1 Å². The number of nitrogens with zero attached hydrogens (tertiary/aromatic N) is 2. The van der Waals surface area contributed by atoms with Crippen LogP contribution in [0.2, 0.25) is 0 Å². The highest BCUT2D eigenvalue weighted by molar-refractivity contribution is 7.20. The number of hydrogen-bond acceptors (Lipinski definition) is 6. The average Bonchev–Trinajstić information content (AvgIpc) is 3.44. The molecule has 7 heteroatoms. The van der Waals surface area contributed by atoms with Crippen LogP contribution in [0.4, 0.5) is 5.00 Å². The highest BCUT2D eigenvalue weighted by Crippen LogP contribution is 2.41. The minimum atomic E-state index is 0.440. The van der Waals surface area contributed by atoms with Crippen molar-refractivity contribution in [2.75, 3.05) is 14.2 Å². The van der Waals surface area contributed by atoms with Gasteiger partial charge in [0.25, 0.3) is 0 Å². The second-order valence-electron chi connectivity index (χ2n) is 6.10. The molecule has 0 fully saturated rings. The number of methoxy groups -OCH3 is 2.